The van der Waals surface area contributed by atoms with Gasteiger partial charge in [-0.15, -0.1) is 0 Å². The summed E-state index contributed by atoms with van der Waals surface area (Å²) in [7, 11) is -2.97. The second kappa shape index (κ2) is 4.78. The molecule has 4 nitrogen and oxygen atoms in total. The second-order valence-corrected chi connectivity index (χ2v) is 7.09. The third-order valence-corrected chi connectivity index (χ3v) is 4.81. The lowest BCUT2D eigenvalue weighted by atomic mass is 10.2. The summed E-state index contributed by atoms with van der Waals surface area (Å²) < 4.78 is 28.9. The zero-order valence-electron chi connectivity index (χ0n) is 8.93. The van der Waals surface area contributed by atoms with Crippen molar-refractivity contribution in [1.29, 1.82) is 0 Å². The van der Waals surface area contributed by atoms with Crippen LogP contribution in [0.15, 0.2) is 22.7 Å². The van der Waals surface area contributed by atoms with Gasteiger partial charge in [-0.1, -0.05) is 15.9 Å². The van der Waals surface area contributed by atoms with Gasteiger partial charge in [0.2, 0.25) is 0 Å². The fourth-order valence-corrected chi connectivity index (χ4v) is 3.72. The molecule has 0 aromatic heterocycles. The Morgan fingerprint density at radius 2 is 2.18 bits per heavy atom. The van der Waals surface area contributed by atoms with Crippen molar-refractivity contribution in [3.05, 3.63) is 28.2 Å². The fraction of sp³-hybridized carbons (Fsp3) is 0.364. The van der Waals surface area contributed by atoms with Gasteiger partial charge < -0.3 is 4.74 Å². The van der Waals surface area contributed by atoms with Gasteiger partial charge in [0.1, 0.15) is 11.9 Å². The van der Waals surface area contributed by atoms with Crippen LogP contribution in [0.3, 0.4) is 0 Å². The summed E-state index contributed by atoms with van der Waals surface area (Å²) in [4.78, 5) is 10.9. The smallest absolute Gasteiger partial charge is 0.154 e. The maximum Gasteiger partial charge on any atom is 0.154 e. The molecule has 1 aliphatic rings. The van der Waals surface area contributed by atoms with Crippen LogP contribution >= 0.6 is 15.9 Å². The monoisotopic (exact) mass is 318 g/mol. The first-order valence-corrected chi connectivity index (χ1v) is 7.73. The van der Waals surface area contributed by atoms with Crippen molar-refractivity contribution in [3.8, 4) is 5.75 Å². The number of benzene rings is 1. The molecule has 1 heterocycles. The Hall–Kier alpha value is -0.880. The molecule has 1 aliphatic heterocycles. The summed E-state index contributed by atoms with van der Waals surface area (Å²) in [6, 6.07) is 5.07. The van der Waals surface area contributed by atoms with Gasteiger partial charge in [0.05, 0.1) is 17.1 Å². The Balaban J connectivity index is 2.17. The van der Waals surface area contributed by atoms with E-state index < -0.39 is 9.84 Å². The summed E-state index contributed by atoms with van der Waals surface area (Å²) in [6.45, 7) is 0. The zero-order valence-corrected chi connectivity index (χ0v) is 11.3. The van der Waals surface area contributed by atoms with Gasteiger partial charge in [-0.25, -0.2) is 8.42 Å². The molecule has 0 saturated carbocycles. The van der Waals surface area contributed by atoms with Crippen LogP contribution in [0.5, 0.6) is 5.75 Å². The molecule has 0 amide bonds. The van der Waals surface area contributed by atoms with E-state index in [2.05, 4.69) is 15.9 Å². The minimum absolute atomic E-state index is 0.0291. The maximum atomic E-state index is 11.3. The molecule has 0 radical (unpaired) electrons. The third kappa shape index (κ3) is 3.07. The molecule has 0 bridgehead atoms. The molecule has 1 aromatic carbocycles. The van der Waals surface area contributed by atoms with Gasteiger partial charge in [-0.2, -0.15) is 0 Å². The summed E-state index contributed by atoms with van der Waals surface area (Å²) in [5.41, 5.74) is 0.420. The first kappa shape index (κ1) is 12.6. The van der Waals surface area contributed by atoms with Crippen LogP contribution in [-0.4, -0.2) is 32.3 Å². The Morgan fingerprint density at radius 1 is 1.41 bits per heavy atom. The molecule has 92 valence electrons. The van der Waals surface area contributed by atoms with Crippen molar-refractivity contribution in [2.75, 3.05) is 11.5 Å². The first-order valence-electron chi connectivity index (χ1n) is 5.12. The highest BCUT2D eigenvalue weighted by Gasteiger charge is 2.29. The molecule has 17 heavy (non-hydrogen) atoms. The van der Waals surface area contributed by atoms with E-state index in [0.29, 0.717) is 24.0 Å². The molecular formula is C11H11BrO4S. The van der Waals surface area contributed by atoms with Crippen molar-refractivity contribution in [2.45, 2.75) is 12.5 Å². The number of carbonyl (C=O) groups is 1. The number of hydrogen-bond donors (Lipinski definition) is 0. The molecule has 1 unspecified atom stereocenters. The molecule has 6 heteroatoms. The summed E-state index contributed by atoms with van der Waals surface area (Å²) in [5.74, 6) is 0.622. The predicted octanol–water partition coefficient (Wildman–Crippen LogP) is 1.83. The Kier molecular flexibility index (Phi) is 3.53. The average Bonchev–Trinajstić information content (AvgIpc) is 2.61. The molecule has 0 aliphatic carbocycles. The van der Waals surface area contributed by atoms with Crippen LogP contribution in [0.25, 0.3) is 0 Å². The van der Waals surface area contributed by atoms with Gasteiger partial charge in [-0.05, 0) is 24.6 Å². The van der Waals surface area contributed by atoms with E-state index in [-0.39, 0.29) is 17.6 Å². The molecule has 0 N–H and O–H groups in total. The summed E-state index contributed by atoms with van der Waals surface area (Å²) in [6.07, 6.45) is 0.833. The molecule has 1 atom stereocenters. The van der Waals surface area contributed by atoms with Crippen LogP contribution < -0.4 is 4.74 Å². The van der Waals surface area contributed by atoms with Crippen LogP contribution in [0.1, 0.15) is 16.8 Å². The highest BCUT2D eigenvalue weighted by atomic mass is 79.9. The highest BCUT2D eigenvalue weighted by molar-refractivity contribution is 9.10. The lowest BCUT2D eigenvalue weighted by Gasteiger charge is -2.13. The molecule has 1 aromatic rings. The van der Waals surface area contributed by atoms with Gasteiger partial charge in [-0.3, -0.25) is 4.79 Å². The predicted molar refractivity (Wildman–Crippen MR) is 67.2 cm³/mol. The average molecular weight is 319 g/mol. The number of ether oxygens (including phenoxy) is 1. The van der Waals surface area contributed by atoms with E-state index in [4.69, 9.17) is 4.74 Å². The van der Waals surface area contributed by atoms with Crippen molar-refractivity contribution < 1.29 is 17.9 Å². The van der Waals surface area contributed by atoms with Crippen molar-refractivity contribution in [3.63, 3.8) is 0 Å². The van der Waals surface area contributed by atoms with E-state index in [1.807, 2.05) is 0 Å². The minimum atomic E-state index is -2.97. The Morgan fingerprint density at radius 3 is 2.76 bits per heavy atom. The largest absolute Gasteiger partial charge is 0.489 e. The molecule has 1 saturated heterocycles. The standard InChI is InChI=1S/C11H11BrO4S/c12-9-1-2-11(8(5-9)6-13)16-10-3-4-17(14,15)7-10/h1-2,5-6,10H,3-4,7H2. The second-order valence-electron chi connectivity index (χ2n) is 3.94. The molecule has 2 rings (SSSR count). The van der Waals surface area contributed by atoms with Gasteiger partial charge in [0.25, 0.3) is 0 Å². The number of halogens is 1. The Labute approximate surface area is 108 Å². The molecular weight excluding hydrogens is 308 g/mol. The SMILES string of the molecule is O=Cc1cc(Br)ccc1OC1CCS(=O)(=O)C1. The molecule has 1 fully saturated rings. The summed E-state index contributed by atoms with van der Waals surface area (Å²) >= 11 is 3.26. The highest BCUT2D eigenvalue weighted by Crippen LogP contribution is 2.25. The minimum Gasteiger partial charge on any atom is -0.489 e. The summed E-state index contributed by atoms with van der Waals surface area (Å²) in [5, 5.41) is 0. The van der Waals surface area contributed by atoms with Gasteiger partial charge >= 0.3 is 0 Å². The number of hydrogen-bond acceptors (Lipinski definition) is 4. The normalized spacial score (nSPS) is 22.3. The van der Waals surface area contributed by atoms with Gasteiger partial charge in [0.15, 0.2) is 16.1 Å². The Bertz CT molecular complexity index is 538. The van der Waals surface area contributed by atoms with Gasteiger partial charge in [0, 0.05) is 4.47 Å². The van der Waals surface area contributed by atoms with Crippen molar-refractivity contribution in [1.82, 2.24) is 0 Å². The number of sulfone groups is 1. The van der Waals surface area contributed by atoms with E-state index in [0.717, 1.165) is 4.47 Å². The van der Waals surface area contributed by atoms with Crippen LogP contribution in [0.2, 0.25) is 0 Å². The van der Waals surface area contributed by atoms with E-state index in [9.17, 15) is 13.2 Å². The lowest BCUT2D eigenvalue weighted by molar-refractivity contribution is 0.111. The quantitative estimate of drug-likeness (QED) is 0.798. The van der Waals surface area contributed by atoms with Crippen molar-refractivity contribution in [2.24, 2.45) is 0 Å². The fourth-order valence-electron chi connectivity index (χ4n) is 1.75. The van der Waals surface area contributed by atoms with E-state index in [1.54, 1.807) is 18.2 Å². The van der Waals surface area contributed by atoms with Crippen LogP contribution in [0, 0.1) is 0 Å². The van der Waals surface area contributed by atoms with Crippen molar-refractivity contribution >= 4 is 32.1 Å². The third-order valence-electron chi connectivity index (χ3n) is 2.58. The number of carbonyl (C=O) groups excluding carboxylic acids is 1. The van der Waals surface area contributed by atoms with Crippen LogP contribution in [-0.2, 0) is 9.84 Å². The molecule has 0 spiro atoms. The van der Waals surface area contributed by atoms with Crippen LogP contribution in [0.4, 0.5) is 0 Å². The lowest BCUT2D eigenvalue weighted by Crippen LogP contribution is -2.18. The topological polar surface area (TPSA) is 60.4 Å². The zero-order chi connectivity index (χ0) is 12.5. The van der Waals surface area contributed by atoms with E-state index >= 15 is 0 Å². The first-order chi connectivity index (χ1) is 8.00. The maximum absolute atomic E-state index is 11.3. The number of rotatable bonds is 3. The number of aldehydes is 1. The van der Waals surface area contributed by atoms with E-state index in [1.165, 1.54) is 0 Å².